The molecule has 0 aliphatic carbocycles. The Labute approximate surface area is 119 Å². The molecule has 1 N–H and O–H groups in total. The molecule has 1 aromatic rings. The third-order valence-corrected chi connectivity index (χ3v) is 2.79. The zero-order chi connectivity index (χ0) is 15.1. The fraction of sp³-hybridized carbons (Fsp3) is 0.500. The van der Waals surface area contributed by atoms with Gasteiger partial charge in [0.1, 0.15) is 22.8 Å². The van der Waals surface area contributed by atoms with Gasteiger partial charge in [0.2, 0.25) is 0 Å². The molecule has 20 heavy (non-hydrogen) atoms. The highest BCUT2D eigenvalue weighted by atomic mass is 16.5. The molecule has 0 saturated carbocycles. The van der Waals surface area contributed by atoms with E-state index in [1.807, 2.05) is 19.0 Å². The van der Waals surface area contributed by atoms with Crippen LogP contribution >= 0.6 is 0 Å². The standard InChI is InChI=1S/C14H22N2O4/c1-16(2)7-6-15-14(17)13-11(19-4)8-10(18-3)9-12(13)20-5/h8-9H,6-7H2,1-5H3,(H,15,17). The Morgan fingerprint density at radius 3 is 2.05 bits per heavy atom. The van der Waals surface area contributed by atoms with Crippen LogP contribution in [0.1, 0.15) is 10.4 Å². The van der Waals surface area contributed by atoms with Crippen molar-refractivity contribution in [3.63, 3.8) is 0 Å². The number of amides is 1. The quantitative estimate of drug-likeness (QED) is 0.808. The van der Waals surface area contributed by atoms with E-state index in [2.05, 4.69) is 5.32 Å². The van der Waals surface area contributed by atoms with E-state index >= 15 is 0 Å². The van der Waals surface area contributed by atoms with Gasteiger partial charge in [-0.05, 0) is 14.1 Å². The highest BCUT2D eigenvalue weighted by Crippen LogP contribution is 2.33. The van der Waals surface area contributed by atoms with Crippen molar-refractivity contribution in [1.82, 2.24) is 10.2 Å². The van der Waals surface area contributed by atoms with Crippen LogP contribution in [0.15, 0.2) is 12.1 Å². The predicted molar refractivity (Wildman–Crippen MR) is 77.0 cm³/mol. The summed E-state index contributed by atoms with van der Waals surface area (Å²) >= 11 is 0. The number of nitrogens with one attached hydrogen (secondary N) is 1. The molecule has 1 aromatic carbocycles. The Morgan fingerprint density at radius 1 is 1.10 bits per heavy atom. The van der Waals surface area contributed by atoms with E-state index in [0.717, 1.165) is 6.54 Å². The zero-order valence-electron chi connectivity index (χ0n) is 12.6. The van der Waals surface area contributed by atoms with Crippen LogP contribution in [0, 0.1) is 0 Å². The lowest BCUT2D eigenvalue weighted by molar-refractivity contribution is 0.0944. The number of hydrogen-bond acceptors (Lipinski definition) is 5. The molecule has 0 bridgehead atoms. The number of methoxy groups -OCH3 is 3. The van der Waals surface area contributed by atoms with Crippen LogP contribution in [-0.2, 0) is 0 Å². The van der Waals surface area contributed by atoms with Crippen molar-refractivity contribution in [3.05, 3.63) is 17.7 Å². The van der Waals surface area contributed by atoms with Gasteiger partial charge in [-0.2, -0.15) is 0 Å². The van der Waals surface area contributed by atoms with E-state index in [4.69, 9.17) is 14.2 Å². The summed E-state index contributed by atoms with van der Waals surface area (Å²) < 4.78 is 15.6. The maximum atomic E-state index is 12.3. The van der Waals surface area contributed by atoms with Gasteiger partial charge in [-0.1, -0.05) is 0 Å². The van der Waals surface area contributed by atoms with Crippen molar-refractivity contribution < 1.29 is 19.0 Å². The number of rotatable bonds is 7. The van der Waals surface area contributed by atoms with Crippen molar-refractivity contribution in [3.8, 4) is 17.2 Å². The van der Waals surface area contributed by atoms with Crippen LogP contribution in [0.5, 0.6) is 17.2 Å². The Hall–Kier alpha value is -1.95. The Balaban J connectivity index is 2.99. The average molecular weight is 282 g/mol. The van der Waals surface area contributed by atoms with Crippen LogP contribution in [0.4, 0.5) is 0 Å². The fourth-order valence-corrected chi connectivity index (χ4v) is 1.71. The third kappa shape index (κ3) is 4.03. The van der Waals surface area contributed by atoms with Crippen molar-refractivity contribution in [2.24, 2.45) is 0 Å². The summed E-state index contributed by atoms with van der Waals surface area (Å²) in [6.45, 7) is 1.30. The van der Waals surface area contributed by atoms with Crippen molar-refractivity contribution in [1.29, 1.82) is 0 Å². The lowest BCUT2D eigenvalue weighted by atomic mass is 10.1. The topological polar surface area (TPSA) is 60.0 Å². The number of carbonyl (C=O) groups excluding carboxylic acids is 1. The Bertz CT molecular complexity index is 435. The number of nitrogens with zero attached hydrogens (tertiary/aromatic N) is 1. The highest BCUT2D eigenvalue weighted by Gasteiger charge is 2.20. The van der Waals surface area contributed by atoms with Gasteiger partial charge in [0.15, 0.2) is 0 Å². The van der Waals surface area contributed by atoms with E-state index in [1.54, 1.807) is 19.2 Å². The minimum absolute atomic E-state index is 0.233. The summed E-state index contributed by atoms with van der Waals surface area (Å²) in [4.78, 5) is 14.2. The van der Waals surface area contributed by atoms with E-state index in [0.29, 0.717) is 29.4 Å². The molecule has 0 fully saturated rings. The van der Waals surface area contributed by atoms with Crippen molar-refractivity contribution in [2.75, 3.05) is 48.5 Å². The lowest BCUT2D eigenvalue weighted by Gasteiger charge is -2.15. The highest BCUT2D eigenvalue weighted by molar-refractivity contribution is 6.00. The molecule has 0 spiro atoms. The molecule has 6 heteroatoms. The first-order valence-corrected chi connectivity index (χ1v) is 6.26. The third-order valence-electron chi connectivity index (χ3n) is 2.79. The van der Waals surface area contributed by atoms with E-state index in [-0.39, 0.29) is 5.91 Å². The molecule has 0 aliphatic rings. The Morgan fingerprint density at radius 2 is 1.65 bits per heavy atom. The first-order chi connectivity index (χ1) is 9.53. The van der Waals surface area contributed by atoms with E-state index in [9.17, 15) is 4.79 Å². The van der Waals surface area contributed by atoms with Gasteiger partial charge in [-0.3, -0.25) is 4.79 Å². The molecule has 0 aliphatic heterocycles. The minimum atomic E-state index is -0.233. The van der Waals surface area contributed by atoms with Gasteiger partial charge < -0.3 is 24.4 Å². The van der Waals surface area contributed by atoms with Gasteiger partial charge in [-0.25, -0.2) is 0 Å². The summed E-state index contributed by atoms with van der Waals surface area (Å²) in [7, 11) is 8.45. The summed E-state index contributed by atoms with van der Waals surface area (Å²) in [5.41, 5.74) is 0.370. The van der Waals surface area contributed by atoms with Crippen LogP contribution < -0.4 is 19.5 Å². The summed E-state index contributed by atoms with van der Waals surface area (Å²) in [5.74, 6) is 1.18. The normalized spacial score (nSPS) is 10.3. The number of hydrogen-bond donors (Lipinski definition) is 1. The molecule has 1 rings (SSSR count). The molecule has 0 atom stereocenters. The molecule has 6 nitrogen and oxygen atoms in total. The molecular weight excluding hydrogens is 260 g/mol. The second-order valence-corrected chi connectivity index (χ2v) is 4.47. The predicted octanol–water partition coefficient (Wildman–Crippen LogP) is 1.00. The van der Waals surface area contributed by atoms with Crippen molar-refractivity contribution >= 4 is 5.91 Å². The summed E-state index contributed by atoms with van der Waals surface area (Å²) in [5, 5.41) is 2.84. The van der Waals surface area contributed by atoms with Gasteiger partial charge >= 0.3 is 0 Å². The zero-order valence-corrected chi connectivity index (χ0v) is 12.6. The van der Waals surface area contributed by atoms with E-state index < -0.39 is 0 Å². The molecule has 0 radical (unpaired) electrons. The van der Waals surface area contributed by atoms with Crippen molar-refractivity contribution in [2.45, 2.75) is 0 Å². The first kappa shape index (κ1) is 16.1. The molecule has 0 aromatic heterocycles. The van der Waals surface area contributed by atoms with Crippen LogP contribution in [-0.4, -0.2) is 59.3 Å². The van der Waals surface area contributed by atoms with Gasteiger partial charge in [0.25, 0.3) is 5.91 Å². The fourth-order valence-electron chi connectivity index (χ4n) is 1.71. The monoisotopic (exact) mass is 282 g/mol. The van der Waals surface area contributed by atoms with Gasteiger partial charge in [-0.15, -0.1) is 0 Å². The lowest BCUT2D eigenvalue weighted by Crippen LogP contribution is -2.31. The summed E-state index contributed by atoms with van der Waals surface area (Å²) in [6, 6.07) is 3.31. The average Bonchev–Trinajstić information content (AvgIpc) is 2.44. The SMILES string of the molecule is COc1cc(OC)c(C(=O)NCCN(C)C)c(OC)c1. The second kappa shape index (κ2) is 7.59. The maximum absolute atomic E-state index is 12.3. The minimum Gasteiger partial charge on any atom is -0.496 e. The smallest absolute Gasteiger partial charge is 0.258 e. The number of ether oxygens (including phenoxy) is 3. The summed E-state index contributed by atoms with van der Waals surface area (Å²) in [6.07, 6.45) is 0. The van der Waals surface area contributed by atoms with Gasteiger partial charge in [0, 0.05) is 25.2 Å². The Kier molecular flexibility index (Phi) is 6.11. The molecule has 1 amide bonds. The first-order valence-electron chi connectivity index (χ1n) is 6.26. The van der Waals surface area contributed by atoms with E-state index in [1.165, 1.54) is 14.2 Å². The number of benzene rings is 1. The second-order valence-electron chi connectivity index (χ2n) is 4.47. The molecule has 0 unspecified atom stereocenters. The van der Waals surface area contributed by atoms with Crippen LogP contribution in [0.25, 0.3) is 0 Å². The molecular formula is C14H22N2O4. The largest absolute Gasteiger partial charge is 0.496 e. The maximum Gasteiger partial charge on any atom is 0.258 e. The van der Waals surface area contributed by atoms with Crippen LogP contribution in [0.2, 0.25) is 0 Å². The van der Waals surface area contributed by atoms with Gasteiger partial charge in [0.05, 0.1) is 21.3 Å². The molecule has 112 valence electrons. The molecule has 0 saturated heterocycles. The number of carbonyl (C=O) groups is 1. The van der Waals surface area contributed by atoms with Crippen LogP contribution in [0.3, 0.4) is 0 Å². The number of likely N-dealkylation sites (N-methyl/N-ethyl adjacent to an activating group) is 1. The molecule has 0 heterocycles.